The summed E-state index contributed by atoms with van der Waals surface area (Å²) in [6, 6.07) is -2.05. The molecule has 0 aromatic heterocycles. The van der Waals surface area contributed by atoms with Crippen molar-refractivity contribution < 1.29 is 24.6 Å². The molecule has 0 radical (unpaired) electrons. The molecule has 2 heterocycles. The first-order valence-corrected chi connectivity index (χ1v) is 7.67. The fourth-order valence-corrected chi connectivity index (χ4v) is 3.49. The van der Waals surface area contributed by atoms with Crippen molar-refractivity contribution in [3.63, 3.8) is 0 Å². The molecule has 0 bridgehead atoms. The van der Waals surface area contributed by atoms with E-state index in [0.29, 0.717) is 19.4 Å². The van der Waals surface area contributed by atoms with Crippen LogP contribution >= 0.6 is 0 Å². The van der Waals surface area contributed by atoms with Crippen LogP contribution in [0.2, 0.25) is 0 Å². The second-order valence-electron chi connectivity index (χ2n) is 6.45. The molecular weight excluding hydrogens is 304 g/mol. The molecule has 1 unspecified atom stereocenters. The van der Waals surface area contributed by atoms with E-state index in [0.717, 1.165) is 0 Å². The molecule has 3 amide bonds. The van der Waals surface area contributed by atoms with E-state index in [1.807, 2.05) is 0 Å². The highest BCUT2D eigenvalue weighted by molar-refractivity contribution is 5.95. The first-order valence-electron chi connectivity index (χ1n) is 7.67. The van der Waals surface area contributed by atoms with Gasteiger partial charge >= 0.3 is 0 Å². The average Bonchev–Trinajstić information content (AvgIpc) is 2.52. The number of nitrogens with zero attached hydrogens (tertiary/aromatic N) is 2. The Labute approximate surface area is 134 Å². The van der Waals surface area contributed by atoms with E-state index in [9.17, 15) is 19.5 Å². The Kier molecular flexibility index (Phi) is 4.92. The van der Waals surface area contributed by atoms with Crippen molar-refractivity contribution in [1.82, 2.24) is 9.80 Å². The van der Waals surface area contributed by atoms with Gasteiger partial charge < -0.3 is 31.5 Å². The molecule has 23 heavy (non-hydrogen) atoms. The molecule has 0 saturated carbocycles. The highest BCUT2D eigenvalue weighted by Crippen LogP contribution is 2.41. The smallest absolute Gasteiger partial charge is 0.242 e. The Morgan fingerprint density at radius 1 is 1.39 bits per heavy atom. The lowest BCUT2D eigenvalue weighted by atomic mass is 9.71. The zero-order valence-corrected chi connectivity index (χ0v) is 13.1. The monoisotopic (exact) mass is 328 g/mol. The van der Waals surface area contributed by atoms with E-state index >= 15 is 0 Å². The summed E-state index contributed by atoms with van der Waals surface area (Å²) in [7, 11) is 0. The van der Waals surface area contributed by atoms with Gasteiger partial charge in [-0.25, -0.2) is 0 Å². The molecule has 2 aliphatic heterocycles. The number of rotatable bonds is 5. The van der Waals surface area contributed by atoms with Gasteiger partial charge in [0.15, 0.2) is 0 Å². The molecule has 2 rings (SSSR count). The van der Waals surface area contributed by atoms with Gasteiger partial charge in [0, 0.05) is 19.6 Å². The Morgan fingerprint density at radius 2 is 2.04 bits per heavy atom. The number of hydrogen-bond acceptors (Lipinski definition) is 6. The minimum atomic E-state index is -1.06. The average molecular weight is 328 g/mol. The highest BCUT2D eigenvalue weighted by Gasteiger charge is 2.57. The van der Waals surface area contributed by atoms with E-state index in [1.54, 1.807) is 0 Å². The van der Waals surface area contributed by atoms with Crippen LogP contribution in [-0.4, -0.2) is 82.2 Å². The Morgan fingerprint density at radius 3 is 2.52 bits per heavy atom. The number of piperidine rings is 1. The van der Waals surface area contributed by atoms with E-state index < -0.39 is 36.1 Å². The molecule has 0 aliphatic carbocycles. The molecule has 0 aromatic rings. The number of β-lactam (4-membered cyclic amide) rings is 1. The van der Waals surface area contributed by atoms with Crippen molar-refractivity contribution in [3.8, 4) is 0 Å². The van der Waals surface area contributed by atoms with Crippen molar-refractivity contribution in [1.29, 1.82) is 0 Å². The van der Waals surface area contributed by atoms with Crippen LogP contribution in [0, 0.1) is 5.41 Å². The van der Waals surface area contributed by atoms with Gasteiger partial charge in [0.1, 0.15) is 12.1 Å². The van der Waals surface area contributed by atoms with E-state index in [1.165, 1.54) is 16.7 Å². The van der Waals surface area contributed by atoms with Gasteiger partial charge in [-0.2, -0.15) is 0 Å². The lowest BCUT2D eigenvalue weighted by molar-refractivity contribution is -0.178. The van der Waals surface area contributed by atoms with Gasteiger partial charge in [-0.3, -0.25) is 14.4 Å². The maximum atomic E-state index is 12.6. The molecule has 2 fully saturated rings. The topological polar surface area (TPSA) is 150 Å². The summed E-state index contributed by atoms with van der Waals surface area (Å²) in [5.41, 5.74) is 10.1. The maximum Gasteiger partial charge on any atom is 0.242 e. The van der Waals surface area contributed by atoms with Crippen molar-refractivity contribution >= 4 is 17.7 Å². The zero-order chi connectivity index (χ0) is 17.4. The summed E-state index contributed by atoms with van der Waals surface area (Å²) >= 11 is 0. The Bertz CT molecular complexity index is 511. The van der Waals surface area contributed by atoms with E-state index in [4.69, 9.17) is 16.6 Å². The number of likely N-dealkylation sites (tertiary alicyclic amines) is 2. The first-order chi connectivity index (χ1) is 10.7. The summed E-state index contributed by atoms with van der Waals surface area (Å²) in [5, 5.41) is 18.7. The number of carbonyl (C=O) groups is 3. The van der Waals surface area contributed by atoms with Crippen LogP contribution in [0.1, 0.15) is 19.8 Å². The van der Waals surface area contributed by atoms with Gasteiger partial charge in [0.2, 0.25) is 17.7 Å². The van der Waals surface area contributed by atoms with Crippen LogP contribution in [0.25, 0.3) is 0 Å². The lowest BCUT2D eigenvalue weighted by Crippen LogP contribution is -2.73. The quantitative estimate of drug-likeness (QED) is 0.395. The van der Waals surface area contributed by atoms with Crippen molar-refractivity contribution in [2.45, 2.75) is 38.0 Å². The van der Waals surface area contributed by atoms with E-state index in [2.05, 4.69) is 0 Å². The molecule has 2 saturated heterocycles. The van der Waals surface area contributed by atoms with Gasteiger partial charge in [-0.15, -0.1) is 0 Å². The number of nitrogens with two attached hydrogens (primary N) is 2. The minimum Gasteiger partial charge on any atom is -0.394 e. The summed E-state index contributed by atoms with van der Waals surface area (Å²) in [5.74, 6) is -1.42. The van der Waals surface area contributed by atoms with Crippen LogP contribution in [0.5, 0.6) is 0 Å². The maximum absolute atomic E-state index is 12.6. The number of primary amides is 1. The normalized spacial score (nSPS) is 28.3. The number of carbonyl (C=O) groups excluding carboxylic acids is 3. The van der Waals surface area contributed by atoms with Crippen molar-refractivity contribution in [3.05, 3.63) is 0 Å². The molecule has 4 atom stereocenters. The first kappa shape index (κ1) is 17.6. The van der Waals surface area contributed by atoms with Crippen LogP contribution in [0.4, 0.5) is 0 Å². The Hall–Kier alpha value is -1.71. The molecule has 2 aliphatic rings. The largest absolute Gasteiger partial charge is 0.394 e. The predicted molar refractivity (Wildman–Crippen MR) is 79.7 cm³/mol. The van der Waals surface area contributed by atoms with Gasteiger partial charge in [0.25, 0.3) is 0 Å². The Balaban J connectivity index is 2.09. The lowest BCUT2D eigenvalue weighted by Gasteiger charge is -2.55. The summed E-state index contributed by atoms with van der Waals surface area (Å²) < 4.78 is 0. The molecule has 130 valence electrons. The van der Waals surface area contributed by atoms with Gasteiger partial charge in [-0.1, -0.05) is 0 Å². The summed E-state index contributed by atoms with van der Waals surface area (Å²) in [6.45, 7) is 1.92. The third-order valence-corrected chi connectivity index (χ3v) is 4.67. The molecule has 0 aromatic carbocycles. The fourth-order valence-electron chi connectivity index (χ4n) is 3.49. The number of amides is 3. The molecule has 6 N–H and O–H groups in total. The van der Waals surface area contributed by atoms with Crippen LogP contribution in [0.15, 0.2) is 0 Å². The highest BCUT2D eigenvalue weighted by atomic mass is 16.3. The molecule has 9 nitrogen and oxygen atoms in total. The summed E-state index contributed by atoms with van der Waals surface area (Å²) in [6.07, 6.45) is 0.184. The molecular formula is C14H24N4O5. The number of aliphatic hydroxyl groups excluding tert-OH is 2. The minimum absolute atomic E-state index is 0.208. The third-order valence-electron chi connectivity index (χ3n) is 4.67. The third kappa shape index (κ3) is 3.04. The van der Waals surface area contributed by atoms with Crippen molar-refractivity contribution in [2.75, 3.05) is 26.2 Å². The SMILES string of the molecule is C[C@@H](O)[C@@H](C(N)=O)N1CC2(CCCN(C(=O)[C@@H](N)CO)C2)C1=O. The van der Waals surface area contributed by atoms with Crippen LogP contribution in [0.3, 0.4) is 0 Å². The van der Waals surface area contributed by atoms with Crippen LogP contribution in [-0.2, 0) is 14.4 Å². The van der Waals surface area contributed by atoms with Gasteiger partial charge in [-0.05, 0) is 19.8 Å². The predicted octanol–water partition coefficient (Wildman–Crippen LogP) is -3.01. The van der Waals surface area contributed by atoms with Crippen LogP contribution < -0.4 is 11.5 Å². The number of aliphatic hydroxyl groups is 2. The fraction of sp³-hybridized carbons (Fsp3) is 0.786. The second kappa shape index (κ2) is 6.42. The molecule has 1 spiro atoms. The number of hydrogen-bond donors (Lipinski definition) is 4. The van der Waals surface area contributed by atoms with E-state index in [-0.39, 0.29) is 24.9 Å². The zero-order valence-electron chi connectivity index (χ0n) is 13.1. The molecule has 9 heteroatoms. The summed E-state index contributed by atoms with van der Waals surface area (Å²) in [4.78, 5) is 38.9. The standard InChI is InChI=1S/C14H24N4O5/c1-8(20)10(11(16)21)18-7-14(13(18)23)3-2-4-17(6-14)12(22)9(15)5-19/h8-10,19-20H,2-7,15H2,1H3,(H2,16,21)/t8-,9+,10+,14?/m1/s1. The van der Waals surface area contributed by atoms with Gasteiger partial charge in [0.05, 0.1) is 18.1 Å². The van der Waals surface area contributed by atoms with Crippen molar-refractivity contribution in [2.24, 2.45) is 16.9 Å². The second-order valence-corrected chi connectivity index (χ2v) is 6.45.